The van der Waals surface area contributed by atoms with Gasteiger partial charge in [0.05, 0.1) is 17.6 Å². The number of nitro benzene ring substituents is 1. The van der Waals surface area contributed by atoms with Gasteiger partial charge in [-0.05, 0) is 24.3 Å². The van der Waals surface area contributed by atoms with Crippen molar-refractivity contribution in [2.24, 2.45) is 10.2 Å². The normalized spacial score (nSPS) is 18.0. The van der Waals surface area contributed by atoms with Crippen LogP contribution in [0.5, 0.6) is 0 Å². The van der Waals surface area contributed by atoms with E-state index in [-0.39, 0.29) is 22.3 Å². The average molecular weight is 423 g/mol. The highest BCUT2D eigenvalue weighted by Crippen LogP contribution is 2.31. The summed E-state index contributed by atoms with van der Waals surface area (Å²) in [4.78, 5) is 32.7. The summed E-state index contributed by atoms with van der Waals surface area (Å²) in [6.07, 6.45) is 0.978. The van der Waals surface area contributed by atoms with Gasteiger partial charge in [-0.2, -0.15) is 5.10 Å². The van der Waals surface area contributed by atoms with Crippen LogP contribution < -0.4 is 5.32 Å². The number of nitrogens with zero attached hydrogens (tertiary/aromatic N) is 3. The first-order valence-electron chi connectivity index (χ1n) is 7.68. The van der Waals surface area contributed by atoms with Crippen LogP contribution in [0.25, 0.3) is 11.3 Å². The van der Waals surface area contributed by atoms with E-state index in [1.54, 1.807) is 18.2 Å². The van der Waals surface area contributed by atoms with Crippen LogP contribution in [-0.4, -0.2) is 38.5 Å². The first-order chi connectivity index (χ1) is 13.3. The molecule has 1 fully saturated rings. The number of thioether (sulfide) groups is 1. The van der Waals surface area contributed by atoms with Crippen molar-refractivity contribution in [1.29, 1.82) is 0 Å². The summed E-state index contributed by atoms with van der Waals surface area (Å²) in [6, 6.07) is 7.49. The van der Waals surface area contributed by atoms with Crippen molar-refractivity contribution < 1.29 is 24.0 Å². The molecule has 0 bridgehead atoms. The maximum Gasteiger partial charge on any atom is 0.305 e. The van der Waals surface area contributed by atoms with E-state index in [0.29, 0.717) is 17.1 Å². The van der Waals surface area contributed by atoms with E-state index in [1.165, 1.54) is 18.3 Å². The van der Waals surface area contributed by atoms with E-state index in [1.807, 2.05) is 0 Å². The quantitative estimate of drug-likeness (QED) is 0.413. The summed E-state index contributed by atoms with van der Waals surface area (Å²) in [5.41, 5.74) is 0.235. The molecule has 2 heterocycles. The Morgan fingerprint density at radius 1 is 1.43 bits per heavy atom. The highest BCUT2D eigenvalue weighted by molar-refractivity contribution is 8.15. The third-order valence-corrected chi connectivity index (χ3v) is 4.92. The number of rotatable bonds is 6. The predicted octanol–water partition coefficient (Wildman–Crippen LogP) is 2.90. The Labute approximate surface area is 166 Å². The Kier molecular flexibility index (Phi) is 5.76. The predicted molar refractivity (Wildman–Crippen MR) is 103 cm³/mol. The second kappa shape index (κ2) is 8.23. The lowest BCUT2D eigenvalue weighted by molar-refractivity contribution is -0.384. The lowest BCUT2D eigenvalue weighted by atomic mass is 10.1. The molecule has 144 valence electrons. The van der Waals surface area contributed by atoms with Crippen molar-refractivity contribution >= 4 is 52.3 Å². The second-order valence-corrected chi connectivity index (χ2v) is 7.07. The SMILES string of the molecule is O=C(O)CC1S/C(=N/N=C/c2ccc(-c3ccc(Cl)c([N+](=O)[O-])c3)o2)NC1=O. The van der Waals surface area contributed by atoms with Crippen molar-refractivity contribution in [2.75, 3.05) is 0 Å². The van der Waals surface area contributed by atoms with Gasteiger partial charge in [0.1, 0.15) is 21.8 Å². The summed E-state index contributed by atoms with van der Waals surface area (Å²) in [6.45, 7) is 0. The number of aliphatic carboxylic acids is 1. The first-order valence-corrected chi connectivity index (χ1v) is 8.93. The summed E-state index contributed by atoms with van der Waals surface area (Å²) >= 11 is 6.77. The topological polar surface area (TPSA) is 147 Å². The second-order valence-electron chi connectivity index (χ2n) is 5.47. The van der Waals surface area contributed by atoms with Crippen molar-refractivity contribution in [1.82, 2.24) is 5.32 Å². The Morgan fingerprint density at radius 2 is 2.21 bits per heavy atom. The highest BCUT2D eigenvalue weighted by atomic mass is 35.5. The van der Waals surface area contributed by atoms with Crippen LogP contribution >= 0.6 is 23.4 Å². The van der Waals surface area contributed by atoms with Gasteiger partial charge < -0.3 is 14.8 Å². The number of benzene rings is 1. The zero-order valence-corrected chi connectivity index (χ0v) is 15.4. The molecular weight excluding hydrogens is 412 g/mol. The average Bonchev–Trinajstić information content (AvgIpc) is 3.22. The molecule has 0 aliphatic carbocycles. The highest BCUT2D eigenvalue weighted by Gasteiger charge is 2.32. The lowest BCUT2D eigenvalue weighted by Gasteiger charge is -1.99. The largest absolute Gasteiger partial charge is 0.481 e. The molecule has 0 radical (unpaired) electrons. The molecule has 1 unspecified atom stereocenters. The fourth-order valence-corrected chi connectivity index (χ4v) is 3.37. The number of carbonyl (C=O) groups is 2. The number of carboxylic acid groups (broad SMARTS) is 1. The van der Waals surface area contributed by atoms with E-state index >= 15 is 0 Å². The molecule has 1 atom stereocenters. The summed E-state index contributed by atoms with van der Waals surface area (Å²) in [5, 5.41) is 29.2. The minimum atomic E-state index is -1.08. The van der Waals surface area contributed by atoms with Gasteiger partial charge in [0.2, 0.25) is 5.91 Å². The van der Waals surface area contributed by atoms with E-state index in [4.69, 9.17) is 21.1 Å². The number of amidine groups is 1. The van der Waals surface area contributed by atoms with E-state index in [9.17, 15) is 19.7 Å². The molecule has 1 aromatic heterocycles. The number of nitro groups is 1. The zero-order valence-electron chi connectivity index (χ0n) is 13.9. The molecule has 0 saturated carbocycles. The number of amides is 1. The summed E-state index contributed by atoms with van der Waals surface area (Å²) in [7, 11) is 0. The van der Waals surface area contributed by atoms with Crippen LogP contribution in [0.2, 0.25) is 5.02 Å². The van der Waals surface area contributed by atoms with Gasteiger partial charge in [-0.25, -0.2) is 0 Å². The van der Waals surface area contributed by atoms with E-state index in [0.717, 1.165) is 11.8 Å². The first kappa shape index (κ1) is 19.6. The smallest absolute Gasteiger partial charge is 0.305 e. The van der Waals surface area contributed by atoms with Gasteiger partial charge in [0.15, 0.2) is 5.17 Å². The van der Waals surface area contributed by atoms with Gasteiger partial charge in [-0.3, -0.25) is 19.7 Å². The van der Waals surface area contributed by atoms with Gasteiger partial charge in [-0.15, -0.1) is 5.10 Å². The van der Waals surface area contributed by atoms with Crippen molar-refractivity contribution in [3.63, 3.8) is 0 Å². The Bertz CT molecular complexity index is 1020. The van der Waals surface area contributed by atoms with Crippen molar-refractivity contribution in [3.05, 3.63) is 51.2 Å². The molecule has 3 rings (SSSR count). The number of carboxylic acids is 1. The van der Waals surface area contributed by atoms with Gasteiger partial charge in [0.25, 0.3) is 5.69 Å². The van der Waals surface area contributed by atoms with Gasteiger partial charge >= 0.3 is 5.97 Å². The molecular formula is C16H11ClN4O6S. The number of hydrogen-bond acceptors (Lipinski definition) is 8. The zero-order chi connectivity index (χ0) is 20.3. The lowest BCUT2D eigenvalue weighted by Crippen LogP contribution is -2.26. The van der Waals surface area contributed by atoms with Crippen LogP contribution in [-0.2, 0) is 9.59 Å². The van der Waals surface area contributed by atoms with Crippen LogP contribution in [0, 0.1) is 10.1 Å². The van der Waals surface area contributed by atoms with E-state index in [2.05, 4.69) is 15.5 Å². The van der Waals surface area contributed by atoms with E-state index < -0.39 is 22.0 Å². The number of nitrogens with one attached hydrogen (secondary N) is 1. The Balaban J connectivity index is 1.70. The Hall–Kier alpha value is -3.18. The minimum Gasteiger partial charge on any atom is -0.481 e. The molecule has 1 aliphatic heterocycles. The molecule has 1 saturated heterocycles. The summed E-state index contributed by atoms with van der Waals surface area (Å²) < 4.78 is 5.55. The number of halogens is 1. The fraction of sp³-hybridized carbons (Fsp3) is 0.125. The Morgan fingerprint density at radius 3 is 2.93 bits per heavy atom. The molecule has 2 aromatic rings. The minimum absolute atomic E-state index is 0.0234. The number of furan rings is 1. The maximum atomic E-state index is 11.6. The van der Waals surface area contributed by atoms with Gasteiger partial charge in [-0.1, -0.05) is 23.4 Å². The van der Waals surface area contributed by atoms with Crippen molar-refractivity contribution in [3.8, 4) is 11.3 Å². The van der Waals surface area contributed by atoms with Crippen LogP contribution in [0.4, 0.5) is 5.69 Å². The molecule has 1 amide bonds. The van der Waals surface area contributed by atoms with Crippen LogP contribution in [0.1, 0.15) is 12.2 Å². The third-order valence-electron chi connectivity index (χ3n) is 3.52. The molecule has 10 nitrogen and oxygen atoms in total. The van der Waals surface area contributed by atoms with Crippen LogP contribution in [0.15, 0.2) is 45.0 Å². The standard InChI is InChI=1S/C16H11ClN4O6S/c17-10-3-1-8(5-11(10)21(25)26)12-4-2-9(27-12)7-18-20-16-19-15(24)13(28-16)6-14(22)23/h1-5,7,13H,6H2,(H,22,23)(H,19,20,24)/b18-7+. The molecule has 1 aromatic carbocycles. The van der Waals surface area contributed by atoms with Crippen LogP contribution in [0.3, 0.4) is 0 Å². The molecule has 28 heavy (non-hydrogen) atoms. The third kappa shape index (κ3) is 4.56. The van der Waals surface area contributed by atoms with Gasteiger partial charge in [0, 0.05) is 11.6 Å². The molecule has 2 N–H and O–H groups in total. The maximum absolute atomic E-state index is 11.6. The molecule has 12 heteroatoms. The fourth-order valence-electron chi connectivity index (χ4n) is 2.27. The number of hydrogen-bond donors (Lipinski definition) is 2. The van der Waals surface area contributed by atoms with Crippen molar-refractivity contribution in [2.45, 2.75) is 11.7 Å². The molecule has 1 aliphatic rings. The molecule has 0 spiro atoms. The number of carbonyl (C=O) groups excluding carboxylic acids is 1. The summed E-state index contributed by atoms with van der Waals surface area (Å²) in [5.74, 6) is -0.818. The monoisotopic (exact) mass is 422 g/mol.